The first-order valence-corrected chi connectivity index (χ1v) is 28.7. The number of nitrogens with one attached hydrogen (secondary N) is 6. The average molecular weight is 1130 g/mol. The van der Waals surface area contributed by atoms with Crippen molar-refractivity contribution in [3.8, 4) is 0 Å². The van der Waals surface area contributed by atoms with Crippen molar-refractivity contribution in [3.05, 3.63) is 176 Å². The van der Waals surface area contributed by atoms with Crippen LogP contribution in [0.5, 0.6) is 0 Å². The molecule has 6 rings (SSSR count). The Balaban J connectivity index is 0.817. The van der Waals surface area contributed by atoms with E-state index in [-0.39, 0.29) is 37.5 Å². The summed E-state index contributed by atoms with van der Waals surface area (Å²) in [5.41, 5.74) is 1.35. The van der Waals surface area contributed by atoms with Gasteiger partial charge >= 0.3 is 17.1 Å². The number of hydrogen-bond donors (Lipinski definition) is 6. The summed E-state index contributed by atoms with van der Waals surface area (Å²) in [5.74, 6) is 1.37. The lowest BCUT2D eigenvalue weighted by atomic mass is 10.1. The highest BCUT2D eigenvalue weighted by molar-refractivity contribution is 5.76. The minimum Gasteiger partial charge on any atom is -0.405 e. The van der Waals surface area contributed by atoms with Gasteiger partial charge in [-0.15, -0.1) is 14.2 Å². The van der Waals surface area contributed by atoms with Gasteiger partial charge in [0.2, 0.25) is 17.7 Å². The molecule has 82 heavy (non-hydrogen) atoms. The molecule has 0 aliphatic carbocycles. The predicted octanol–water partition coefficient (Wildman–Crippen LogP) is 5.38. The second-order valence-electron chi connectivity index (χ2n) is 19.7. The van der Waals surface area contributed by atoms with E-state index in [9.17, 15) is 28.8 Å². The van der Waals surface area contributed by atoms with Gasteiger partial charge in [-0.2, -0.15) is 15.0 Å². The number of benzene rings is 3. The van der Waals surface area contributed by atoms with Crippen molar-refractivity contribution in [2.45, 2.75) is 116 Å². The summed E-state index contributed by atoms with van der Waals surface area (Å²) >= 11 is 0. The Morgan fingerprint density at radius 1 is 0.366 bits per heavy atom. The van der Waals surface area contributed by atoms with E-state index in [0.717, 1.165) is 108 Å². The van der Waals surface area contributed by atoms with E-state index in [2.05, 4.69) is 51.8 Å². The van der Waals surface area contributed by atoms with Crippen LogP contribution in [0.2, 0.25) is 0 Å². The lowest BCUT2D eigenvalue weighted by Crippen LogP contribution is -2.43. The molecule has 0 saturated carbocycles. The van der Waals surface area contributed by atoms with Gasteiger partial charge in [0, 0.05) is 96.4 Å². The summed E-state index contributed by atoms with van der Waals surface area (Å²) in [6, 6.07) is 33.9. The van der Waals surface area contributed by atoms with Gasteiger partial charge in [-0.1, -0.05) is 130 Å². The first-order chi connectivity index (χ1) is 40.2. The Hall–Kier alpha value is -8.53. The lowest BCUT2D eigenvalue weighted by molar-refractivity contribution is -0.121. The number of nitrogens with zero attached hydrogens (tertiary/aromatic N) is 7. The third kappa shape index (κ3) is 25.7. The van der Waals surface area contributed by atoms with Crippen LogP contribution in [0.25, 0.3) is 0 Å². The summed E-state index contributed by atoms with van der Waals surface area (Å²) in [6.45, 7) is 5.65. The molecule has 3 aromatic heterocycles. The minimum atomic E-state index is -0.497. The first kappa shape index (κ1) is 62.7. The van der Waals surface area contributed by atoms with Crippen LogP contribution in [-0.4, -0.2) is 111 Å². The predicted molar refractivity (Wildman–Crippen MR) is 316 cm³/mol. The van der Waals surface area contributed by atoms with Gasteiger partial charge in [-0.3, -0.25) is 19.3 Å². The Morgan fingerprint density at radius 3 is 0.927 bits per heavy atom. The standard InChI is InChI=1S/C60H81N13O9/c74-55(28-16-1-4-19-34-61-52-31-40-71(58(77)67-52)80-46-49-22-10-7-11-23-49)64-37-43-70(44-38-65-56(75)29-17-2-5-20-35-62-53-32-41-72(59(78)68-53)81-47-50-24-12-8-13-25-50)45-39-66-57(76)30-18-3-6-21-36-63-54-33-42-73(60(79)69-54)82-48-51-26-14-9-15-27-51/h7-15,22-27,31-33,40-42H,1-6,16-21,28-30,34-39,43-48H2,(H,64,74)(H,65,75)(H,66,76)(H,61,67,77)(H,62,68,78)(H,63,69,79). The topological polar surface area (TPSA) is 259 Å². The van der Waals surface area contributed by atoms with Crippen molar-refractivity contribution in [2.75, 3.05) is 74.9 Å². The van der Waals surface area contributed by atoms with Crippen LogP contribution in [0.3, 0.4) is 0 Å². The van der Waals surface area contributed by atoms with Crippen LogP contribution >= 0.6 is 0 Å². The van der Waals surface area contributed by atoms with E-state index < -0.39 is 17.1 Å². The number of aromatic nitrogens is 6. The maximum absolute atomic E-state index is 12.8. The first-order valence-electron chi connectivity index (χ1n) is 28.7. The smallest absolute Gasteiger partial charge is 0.382 e. The SMILES string of the molecule is O=C(CCCCCCNc1ccn(OCc2ccccc2)c(=O)n1)NCCN(CCNC(=O)CCCCCCNc1ccn(OCc2ccccc2)c(=O)n1)CCNC(=O)CCCCCCNc1ccn(OCc2ccccc2)c(=O)n1. The second-order valence-corrected chi connectivity index (χ2v) is 19.7. The molecule has 6 N–H and O–H groups in total. The molecular weight excluding hydrogens is 1050 g/mol. The van der Waals surface area contributed by atoms with E-state index in [1.54, 1.807) is 36.8 Å². The summed E-state index contributed by atoms with van der Waals surface area (Å²) in [7, 11) is 0. The quantitative estimate of drug-likeness (QED) is 0.0263. The number of rotatable bonds is 42. The highest BCUT2D eigenvalue weighted by atomic mass is 16.7. The average Bonchev–Trinajstić information content (AvgIpc) is 3.50. The largest absolute Gasteiger partial charge is 0.405 e. The molecule has 0 unspecified atom stereocenters. The molecule has 22 nitrogen and oxygen atoms in total. The van der Waals surface area contributed by atoms with Crippen LogP contribution in [0.4, 0.5) is 17.5 Å². The van der Waals surface area contributed by atoms with Crippen LogP contribution in [0, 0.1) is 0 Å². The molecule has 0 aliphatic heterocycles. The Labute approximate surface area is 479 Å². The zero-order valence-electron chi connectivity index (χ0n) is 47.0. The van der Waals surface area contributed by atoms with Gasteiger partial charge in [0.1, 0.15) is 37.3 Å². The van der Waals surface area contributed by atoms with Crippen molar-refractivity contribution < 1.29 is 28.9 Å². The highest BCUT2D eigenvalue weighted by Crippen LogP contribution is 2.09. The van der Waals surface area contributed by atoms with Crippen molar-refractivity contribution >= 4 is 35.2 Å². The second kappa shape index (κ2) is 37.4. The van der Waals surface area contributed by atoms with Crippen LogP contribution < -0.4 is 63.5 Å². The molecule has 3 amide bonds. The maximum Gasteiger partial charge on any atom is 0.382 e. The molecule has 3 aromatic carbocycles. The van der Waals surface area contributed by atoms with Gasteiger partial charge in [0.25, 0.3) is 0 Å². The highest BCUT2D eigenvalue weighted by Gasteiger charge is 2.11. The Kier molecular flexibility index (Phi) is 28.6. The molecule has 3 heterocycles. The molecule has 0 aliphatic rings. The Morgan fingerprint density at radius 2 is 0.646 bits per heavy atom. The van der Waals surface area contributed by atoms with Crippen LogP contribution in [0.1, 0.15) is 113 Å². The number of carbonyl (C=O) groups is 3. The number of unbranched alkanes of at least 4 members (excludes halogenated alkanes) is 9. The summed E-state index contributed by atoms with van der Waals surface area (Å²) in [5, 5.41) is 18.7. The van der Waals surface area contributed by atoms with E-state index >= 15 is 0 Å². The Bertz CT molecular complexity index is 2650. The molecule has 440 valence electrons. The molecule has 0 atom stereocenters. The normalized spacial score (nSPS) is 10.9. The van der Waals surface area contributed by atoms with Crippen molar-refractivity contribution in [2.24, 2.45) is 0 Å². The number of hydrogen-bond acceptors (Lipinski definition) is 16. The summed E-state index contributed by atoms with van der Waals surface area (Å²) in [4.78, 5) is 107. The fourth-order valence-corrected chi connectivity index (χ4v) is 8.52. The molecular formula is C60H81N13O9. The van der Waals surface area contributed by atoms with Gasteiger partial charge in [0.15, 0.2) is 0 Å². The molecule has 0 spiro atoms. The molecule has 0 fully saturated rings. The fraction of sp³-hybridized carbons (Fsp3) is 0.450. The lowest BCUT2D eigenvalue weighted by Gasteiger charge is -2.23. The van der Waals surface area contributed by atoms with E-state index in [4.69, 9.17) is 14.5 Å². The molecule has 0 radical (unpaired) electrons. The van der Waals surface area contributed by atoms with Crippen LogP contribution in [0.15, 0.2) is 142 Å². The number of carbonyl (C=O) groups excluding carboxylic acids is 3. The van der Waals surface area contributed by atoms with Gasteiger partial charge in [-0.25, -0.2) is 14.4 Å². The van der Waals surface area contributed by atoms with E-state index in [1.807, 2.05) is 91.0 Å². The maximum atomic E-state index is 12.8. The minimum absolute atomic E-state index is 0.0250. The van der Waals surface area contributed by atoms with Crippen molar-refractivity contribution in [1.82, 2.24) is 50.0 Å². The van der Waals surface area contributed by atoms with E-state index in [1.165, 1.54) is 0 Å². The van der Waals surface area contributed by atoms with Crippen molar-refractivity contribution in [1.29, 1.82) is 0 Å². The molecule has 0 bridgehead atoms. The number of amides is 3. The van der Waals surface area contributed by atoms with Gasteiger partial charge in [0.05, 0.1) is 18.6 Å². The number of anilines is 3. The molecule has 6 aromatic rings. The molecule has 22 heteroatoms. The third-order valence-electron chi connectivity index (χ3n) is 13.1. The zero-order chi connectivity index (χ0) is 57.7. The summed E-state index contributed by atoms with van der Waals surface area (Å²) < 4.78 is 3.36. The monoisotopic (exact) mass is 1130 g/mol. The fourth-order valence-electron chi connectivity index (χ4n) is 8.52. The molecule has 0 saturated heterocycles. The van der Waals surface area contributed by atoms with Crippen molar-refractivity contribution in [3.63, 3.8) is 0 Å². The summed E-state index contributed by atoms with van der Waals surface area (Å²) in [6.07, 6.45) is 16.1. The van der Waals surface area contributed by atoms with Gasteiger partial charge in [-0.05, 0) is 55.2 Å². The van der Waals surface area contributed by atoms with E-state index in [0.29, 0.717) is 95.6 Å². The third-order valence-corrected chi connectivity index (χ3v) is 13.1. The van der Waals surface area contributed by atoms with Crippen LogP contribution in [-0.2, 0) is 34.2 Å². The van der Waals surface area contributed by atoms with Gasteiger partial charge < -0.3 is 46.4 Å². The zero-order valence-corrected chi connectivity index (χ0v) is 47.0.